The molecule has 0 aliphatic carbocycles. The molecule has 0 spiro atoms. The molecule has 0 aliphatic heterocycles. The Hall–Kier alpha value is -1.77. The lowest BCUT2D eigenvalue weighted by atomic mass is 9.96. The van der Waals surface area contributed by atoms with Crippen molar-refractivity contribution in [1.29, 1.82) is 0 Å². The minimum absolute atomic E-state index is 0.140. The molecule has 0 saturated carbocycles. The van der Waals surface area contributed by atoms with Gasteiger partial charge in [0.2, 0.25) is 23.6 Å². The van der Waals surface area contributed by atoms with Crippen LogP contribution in [0.15, 0.2) is 0 Å². The lowest BCUT2D eigenvalue weighted by Gasteiger charge is -2.17. The molecule has 1 atom stereocenters. The molecular formula is C13H24N4O4S. The van der Waals surface area contributed by atoms with Gasteiger partial charge < -0.3 is 21.3 Å². The SMILES string of the molecule is CNC(=O)C(CS)NC(=O)CNC(=O)CNC(=O)C(C)(C)C. The summed E-state index contributed by atoms with van der Waals surface area (Å²) in [6, 6.07) is -0.765. The Labute approximate surface area is 135 Å². The first kappa shape index (κ1) is 20.2. The van der Waals surface area contributed by atoms with Gasteiger partial charge in [0.25, 0.3) is 0 Å². The Kier molecular flexibility index (Phi) is 8.54. The molecule has 0 saturated heterocycles. The topological polar surface area (TPSA) is 116 Å². The zero-order valence-electron chi connectivity index (χ0n) is 13.3. The Morgan fingerprint density at radius 1 is 1.00 bits per heavy atom. The standard InChI is InChI=1S/C13H24N4O4S/c1-13(2,3)12(21)16-5-9(18)15-6-10(19)17-8(7-22)11(20)14-4/h8,22H,5-7H2,1-4H3,(H,14,20)(H,15,18)(H,16,21)(H,17,19). The zero-order valence-corrected chi connectivity index (χ0v) is 14.2. The van der Waals surface area contributed by atoms with Crippen LogP contribution in [0.5, 0.6) is 0 Å². The molecule has 8 nitrogen and oxygen atoms in total. The highest BCUT2D eigenvalue weighted by molar-refractivity contribution is 7.80. The molecule has 0 aromatic heterocycles. The van der Waals surface area contributed by atoms with Crippen LogP contribution in [0, 0.1) is 5.41 Å². The molecule has 4 N–H and O–H groups in total. The predicted octanol–water partition coefficient (Wildman–Crippen LogP) is -1.57. The van der Waals surface area contributed by atoms with E-state index in [4.69, 9.17) is 0 Å². The summed E-state index contributed by atoms with van der Waals surface area (Å²) in [6.45, 7) is 4.68. The maximum Gasteiger partial charge on any atom is 0.243 e. The van der Waals surface area contributed by atoms with Gasteiger partial charge in [-0.2, -0.15) is 12.6 Å². The van der Waals surface area contributed by atoms with E-state index in [1.54, 1.807) is 20.8 Å². The van der Waals surface area contributed by atoms with Crippen LogP contribution in [0.25, 0.3) is 0 Å². The second-order valence-corrected chi connectivity index (χ2v) is 5.99. The molecule has 126 valence electrons. The number of carbonyl (C=O) groups is 4. The highest BCUT2D eigenvalue weighted by Gasteiger charge is 2.22. The van der Waals surface area contributed by atoms with Crippen molar-refractivity contribution in [2.24, 2.45) is 5.41 Å². The Morgan fingerprint density at radius 2 is 1.55 bits per heavy atom. The van der Waals surface area contributed by atoms with Gasteiger partial charge in [-0.05, 0) is 0 Å². The quantitative estimate of drug-likeness (QED) is 0.362. The number of amides is 4. The van der Waals surface area contributed by atoms with Crippen LogP contribution >= 0.6 is 12.6 Å². The van der Waals surface area contributed by atoms with Crippen LogP contribution in [0.4, 0.5) is 0 Å². The van der Waals surface area contributed by atoms with Crippen LogP contribution in [0.2, 0.25) is 0 Å². The van der Waals surface area contributed by atoms with Crippen molar-refractivity contribution in [3.8, 4) is 0 Å². The average molecular weight is 332 g/mol. The van der Waals surface area contributed by atoms with Crippen molar-refractivity contribution in [3.63, 3.8) is 0 Å². The molecular weight excluding hydrogens is 308 g/mol. The van der Waals surface area contributed by atoms with Gasteiger partial charge >= 0.3 is 0 Å². The Morgan fingerprint density at radius 3 is 2.00 bits per heavy atom. The molecule has 0 fully saturated rings. The number of carbonyl (C=O) groups excluding carboxylic acids is 4. The van der Waals surface area contributed by atoms with E-state index in [1.165, 1.54) is 7.05 Å². The number of hydrogen-bond acceptors (Lipinski definition) is 5. The van der Waals surface area contributed by atoms with Crippen LogP contribution < -0.4 is 21.3 Å². The molecule has 1 unspecified atom stereocenters. The van der Waals surface area contributed by atoms with Gasteiger partial charge in [0.1, 0.15) is 6.04 Å². The molecule has 0 heterocycles. The van der Waals surface area contributed by atoms with Gasteiger partial charge in [-0.15, -0.1) is 0 Å². The molecule has 0 radical (unpaired) electrons. The fourth-order valence-corrected chi connectivity index (χ4v) is 1.54. The molecule has 4 amide bonds. The van der Waals surface area contributed by atoms with E-state index in [-0.39, 0.29) is 30.7 Å². The van der Waals surface area contributed by atoms with Gasteiger partial charge in [0.05, 0.1) is 13.1 Å². The summed E-state index contributed by atoms with van der Waals surface area (Å²) in [5, 5.41) is 9.65. The summed E-state index contributed by atoms with van der Waals surface area (Å²) in [4.78, 5) is 46.1. The van der Waals surface area contributed by atoms with Crippen molar-refractivity contribution < 1.29 is 19.2 Å². The van der Waals surface area contributed by atoms with E-state index >= 15 is 0 Å². The normalized spacial score (nSPS) is 12.0. The number of nitrogens with one attached hydrogen (secondary N) is 4. The zero-order chi connectivity index (χ0) is 17.3. The largest absolute Gasteiger partial charge is 0.357 e. The van der Waals surface area contributed by atoms with E-state index in [0.717, 1.165) is 0 Å². The average Bonchev–Trinajstić information content (AvgIpc) is 2.46. The highest BCUT2D eigenvalue weighted by atomic mass is 32.1. The monoisotopic (exact) mass is 332 g/mol. The molecule has 9 heteroatoms. The van der Waals surface area contributed by atoms with Gasteiger partial charge in [-0.25, -0.2) is 0 Å². The van der Waals surface area contributed by atoms with E-state index in [0.29, 0.717) is 0 Å². The second kappa shape index (κ2) is 9.29. The van der Waals surface area contributed by atoms with Gasteiger partial charge in [-0.1, -0.05) is 20.8 Å². The number of likely N-dealkylation sites (N-methyl/N-ethyl adjacent to an activating group) is 1. The van der Waals surface area contributed by atoms with Crippen LogP contribution in [-0.2, 0) is 19.2 Å². The molecule has 0 aromatic rings. The molecule has 22 heavy (non-hydrogen) atoms. The lowest BCUT2D eigenvalue weighted by Crippen LogP contribution is -2.50. The third kappa shape index (κ3) is 7.87. The van der Waals surface area contributed by atoms with Crippen LogP contribution in [0.3, 0.4) is 0 Å². The summed E-state index contributed by atoms with van der Waals surface area (Å²) < 4.78 is 0. The van der Waals surface area contributed by atoms with Crippen molar-refractivity contribution >= 4 is 36.3 Å². The summed E-state index contributed by atoms with van der Waals surface area (Å²) >= 11 is 3.96. The first-order chi connectivity index (χ1) is 10.1. The highest BCUT2D eigenvalue weighted by Crippen LogP contribution is 2.11. The molecule has 0 bridgehead atoms. The van der Waals surface area contributed by atoms with Crippen molar-refractivity contribution in [1.82, 2.24) is 21.3 Å². The first-order valence-electron chi connectivity index (χ1n) is 6.78. The van der Waals surface area contributed by atoms with Gasteiger partial charge in [-0.3, -0.25) is 19.2 Å². The number of rotatable bonds is 7. The van der Waals surface area contributed by atoms with Crippen molar-refractivity contribution in [3.05, 3.63) is 0 Å². The summed E-state index contributed by atoms with van der Waals surface area (Å²) in [5.41, 5.74) is -0.592. The lowest BCUT2D eigenvalue weighted by molar-refractivity contribution is -0.132. The number of thiol groups is 1. The summed E-state index contributed by atoms with van der Waals surface area (Å²) in [5.74, 6) is -1.50. The van der Waals surface area contributed by atoms with Crippen molar-refractivity contribution in [2.75, 3.05) is 25.9 Å². The third-order valence-corrected chi connectivity index (χ3v) is 2.98. The van der Waals surface area contributed by atoms with E-state index < -0.39 is 23.3 Å². The van der Waals surface area contributed by atoms with E-state index in [1.807, 2.05) is 0 Å². The maximum atomic E-state index is 11.6. The van der Waals surface area contributed by atoms with Gasteiger partial charge in [0, 0.05) is 18.2 Å². The second-order valence-electron chi connectivity index (χ2n) is 5.63. The van der Waals surface area contributed by atoms with Gasteiger partial charge in [0.15, 0.2) is 0 Å². The third-order valence-electron chi connectivity index (χ3n) is 2.62. The summed E-state index contributed by atoms with van der Waals surface area (Å²) in [6.07, 6.45) is 0. The summed E-state index contributed by atoms with van der Waals surface area (Å²) in [7, 11) is 1.45. The minimum Gasteiger partial charge on any atom is -0.357 e. The fourth-order valence-electron chi connectivity index (χ4n) is 1.28. The smallest absolute Gasteiger partial charge is 0.243 e. The molecule has 0 aliphatic rings. The van der Waals surface area contributed by atoms with Crippen molar-refractivity contribution in [2.45, 2.75) is 26.8 Å². The minimum atomic E-state index is -0.765. The number of hydrogen-bond donors (Lipinski definition) is 5. The maximum absolute atomic E-state index is 11.6. The molecule has 0 aromatic carbocycles. The first-order valence-corrected chi connectivity index (χ1v) is 7.41. The van der Waals surface area contributed by atoms with Crippen LogP contribution in [-0.4, -0.2) is 55.6 Å². The van der Waals surface area contributed by atoms with E-state index in [2.05, 4.69) is 33.9 Å². The van der Waals surface area contributed by atoms with Crippen LogP contribution in [0.1, 0.15) is 20.8 Å². The predicted molar refractivity (Wildman–Crippen MR) is 85.3 cm³/mol. The Balaban J connectivity index is 4.12. The molecule has 0 rings (SSSR count). The Bertz CT molecular complexity index is 434. The fraction of sp³-hybridized carbons (Fsp3) is 0.692. The van der Waals surface area contributed by atoms with E-state index in [9.17, 15) is 19.2 Å².